The number of carbonyl (C=O) groups excluding carboxylic acids is 2. The summed E-state index contributed by atoms with van der Waals surface area (Å²) in [5.74, 6) is 0.473. The highest BCUT2D eigenvalue weighted by Gasteiger charge is 2.32. The van der Waals surface area contributed by atoms with E-state index in [9.17, 15) is 9.59 Å². The summed E-state index contributed by atoms with van der Waals surface area (Å²) in [7, 11) is 0. The summed E-state index contributed by atoms with van der Waals surface area (Å²) >= 11 is 0. The molecule has 0 radical (unpaired) electrons. The van der Waals surface area contributed by atoms with Crippen molar-refractivity contribution in [2.75, 3.05) is 11.9 Å². The van der Waals surface area contributed by atoms with Crippen molar-refractivity contribution in [3.05, 3.63) is 107 Å². The van der Waals surface area contributed by atoms with Gasteiger partial charge in [-0.05, 0) is 67.5 Å². The maximum Gasteiger partial charge on any atom is 0.255 e. The molecule has 1 atom stereocenters. The monoisotopic (exact) mass is 592 g/mol. The number of benzene rings is 3. The van der Waals surface area contributed by atoms with Crippen molar-refractivity contribution in [3.63, 3.8) is 0 Å². The van der Waals surface area contributed by atoms with Crippen molar-refractivity contribution in [3.8, 4) is 11.4 Å². The Bertz CT molecular complexity index is 1640. The Hall–Kier alpha value is -4.27. The number of hydrogen-bond acceptors (Lipinski definition) is 7. The molecule has 1 fully saturated rings. The van der Waals surface area contributed by atoms with Gasteiger partial charge in [-0.3, -0.25) is 9.59 Å². The first-order valence-electron chi connectivity index (χ1n) is 15.0. The average molecular weight is 593 g/mol. The van der Waals surface area contributed by atoms with Crippen LogP contribution in [0.5, 0.6) is 0 Å². The Morgan fingerprint density at radius 1 is 0.955 bits per heavy atom. The lowest BCUT2D eigenvalue weighted by atomic mass is 9.86. The normalized spacial score (nSPS) is 16.1. The molecule has 0 spiro atoms. The van der Waals surface area contributed by atoms with Crippen LogP contribution in [0.3, 0.4) is 0 Å². The molecule has 1 saturated heterocycles. The molecule has 4 aromatic rings. The molecule has 2 heterocycles. The largest absolute Gasteiger partial charge is 0.348 e. The standard InChI is InChI=1S/C36H40N4O4/c1-23-29(8-7-9-30(23)39-34(42)26-14-16-27(17-15-26)35(2,3)4)33-38-22-37-32(40-33)20-24-10-12-25(13-11-24)31(41)19-18-28-21-43-36(5,6)44-28/h7-17,22,28H,18-21H2,1-6H3,(H,39,42). The maximum absolute atomic E-state index is 13.0. The smallest absolute Gasteiger partial charge is 0.255 e. The fraction of sp³-hybridized carbons (Fsp3) is 0.361. The highest BCUT2D eigenvalue weighted by Crippen LogP contribution is 2.28. The lowest BCUT2D eigenvalue weighted by molar-refractivity contribution is -0.138. The Morgan fingerprint density at radius 2 is 1.66 bits per heavy atom. The summed E-state index contributed by atoms with van der Waals surface area (Å²) in [6.45, 7) is 12.7. The molecule has 0 aliphatic carbocycles. The van der Waals surface area contributed by atoms with Gasteiger partial charge in [-0.25, -0.2) is 15.0 Å². The van der Waals surface area contributed by atoms with Gasteiger partial charge in [0.05, 0.1) is 12.7 Å². The van der Waals surface area contributed by atoms with Crippen LogP contribution in [0.15, 0.2) is 73.1 Å². The van der Waals surface area contributed by atoms with Gasteiger partial charge >= 0.3 is 0 Å². The lowest BCUT2D eigenvalue weighted by Gasteiger charge is -2.19. The third kappa shape index (κ3) is 7.62. The quantitative estimate of drug-likeness (QED) is 0.207. The summed E-state index contributed by atoms with van der Waals surface area (Å²) in [5.41, 5.74) is 5.83. The highest BCUT2D eigenvalue weighted by molar-refractivity contribution is 6.05. The Kier molecular flexibility index (Phi) is 9.04. The fourth-order valence-corrected chi connectivity index (χ4v) is 5.21. The van der Waals surface area contributed by atoms with E-state index in [4.69, 9.17) is 14.5 Å². The maximum atomic E-state index is 13.0. The Morgan fingerprint density at radius 3 is 2.32 bits per heavy atom. The minimum absolute atomic E-state index is 0.0186. The van der Waals surface area contributed by atoms with Crippen LogP contribution in [-0.4, -0.2) is 45.1 Å². The Balaban J connectivity index is 1.23. The van der Waals surface area contributed by atoms with Gasteiger partial charge in [0.15, 0.2) is 17.4 Å². The number of nitrogens with zero attached hydrogens (tertiary/aromatic N) is 3. The predicted molar refractivity (Wildman–Crippen MR) is 171 cm³/mol. The summed E-state index contributed by atoms with van der Waals surface area (Å²) in [6, 6.07) is 21.0. The minimum Gasteiger partial charge on any atom is -0.348 e. The van der Waals surface area contributed by atoms with E-state index >= 15 is 0 Å². The van der Waals surface area contributed by atoms with Gasteiger partial charge in [0, 0.05) is 35.2 Å². The second-order valence-corrected chi connectivity index (χ2v) is 12.8. The van der Waals surface area contributed by atoms with Gasteiger partial charge in [0.2, 0.25) is 0 Å². The van der Waals surface area contributed by atoms with Crippen molar-refractivity contribution in [2.45, 2.75) is 78.1 Å². The number of Topliss-reactive ketones (excluding diaryl/α,β-unsaturated/α-hetero) is 1. The third-order valence-electron chi connectivity index (χ3n) is 7.86. The average Bonchev–Trinajstić information content (AvgIpc) is 3.35. The fourth-order valence-electron chi connectivity index (χ4n) is 5.21. The lowest BCUT2D eigenvalue weighted by Crippen LogP contribution is -2.21. The van der Waals surface area contributed by atoms with Crippen LogP contribution in [0.1, 0.15) is 90.7 Å². The van der Waals surface area contributed by atoms with E-state index in [1.807, 2.05) is 87.5 Å². The van der Waals surface area contributed by atoms with Crippen LogP contribution in [0.2, 0.25) is 0 Å². The van der Waals surface area contributed by atoms with Crippen molar-refractivity contribution in [1.29, 1.82) is 0 Å². The zero-order valence-corrected chi connectivity index (χ0v) is 26.3. The number of amides is 1. The van der Waals surface area contributed by atoms with Crippen molar-refractivity contribution in [2.24, 2.45) is 0 Å². The molecule has 1 aliphatic heterocycles. The first-order valence-corrected chi connectivity index (χ1v) is 15.0. The topological polar surface area (TPSA) is 103 Å². The number of ketones is 1. The summed E-state index contributed by atoms with van der Waals surface area (Å²) in [5, 5.41) is 3.04. The summed E-state index contributed by atoms with van der Waals surface area (Å²) in [6.07, 6.45) is 2.98. The molecule has 8 nitrogen and oxygen atoms in total. The zero-order chi connectivity index (χ0) is 31.5. The molecule has 3 aromatic carbocycles. The summed E-state index contributed by atoms with van der Waals surface area (Å²) < 4.78 is 11.4. The molecule has 1 amide bonds. The molecule has 44 heavy (non-hydrogen) atoms. The van der Waals surface area contributed by atoms with E-state index in [0.717, 1.165) is 16.7 Å². The van der Waals surface area contributed by atoms with E-state index in [-0.39, 0.29) is 23.2 Å². The molecular weight excluding hydrogens is 552 g/mol. The summed E-state index contributed by atoms with van der Waals surface area (Å²) in [4.78, 5) is 39.3. The van der Waals surface area contributed by atoms with Crippen LogP contribution >= 0.6 is 0 Å². The van der Waals surface area contributed by atoms with Gasteiger partial charge in [0.1, 0.15) is 12.2 Å². The van der Waals surface area contributed by atoms with Crippen LogP contribution in [0, 0.1) is 6.92 Å². The van der Waals surface area contributed by atoms with E-state index in [1.54, 1.807) is 0 Å². The first-order chi connectivity index (χ1) is 20.9. The molecule has 1 N–H and O–H groups in total. The molecule has 1 unspecified atom stereocenters. The van der Waals surface area contributed by atoms with Crippen molar-refractivity contribution in [1.82, 2.24) is 15.0 Å². The number of nitrogens with one attached hydrogen (secondary N) is 1. The Labute approximate surface area is 259 Å². The number of anilines is 1. The van der Waals surface area contributed by atoms with E-state index in [2.05, 4.69) is 36.1 Å². The first kappa shape index (κ1) is 31.2. The van der Waals surface area contributed by atoms with E-state index in [1.165, 1.54) is 11.9 Å². The molecule has 0 saturated carbocycles. The van der Waals surface area contributed by atoms with Crippen LogP contribution in [0.25, 0.3) is 11.4 Å². The predicted octanol–water partition coefficient (Wildman–Crippen LogP) is 7.10. The molecule has 0 bridgehead atoms. The van der Waals surface area contributed by atoms with Crippen LogP contribution in [0.4, 0.5) is 5.69 Å². The SMILES string of the molecule is Cc1c(NC(=O)c2ccc(C(C)(C)C)cc2)cccc1-c1ncnc(Cc2ccc(C(=O)CCC3COC(C)(C)O3)cc2)n1. The molecule has 1 aromatic heterocycles. The minimum atomic E-state index is -0.582. The number of hydrogen-bond donors (Lipinski definition) is 1. The van der Waals surface area contributed by atoms with Crippen molar-refractivity contribution < 1.29 is 19.1 Å². The molecule has 8 heteroatoms. The van der Waals surface area contributed by atoms with E-state index in [0.29, 0.717) is 54.3 Å². The molecule has 228 valence electrons. The van der Waals surface area contributed by atoms with Gasteiger partial charge in [-0.2, -0.15) is 0 Å². The zero-order valence-electron chi connectivity index (χ0n) is 26.3. The number of rotatable bonds is 9. The number of aromatic nitrogens is 3. The van der Waals surface area contributed by atoms with Gasteiger partial charge in [-0.15, -0.1) is 0 Å². The molecular formula is C36H40N4O4. The highest BCUT2D eigenvalue weighted by atomic mass is 16.7. The van der Waals surface area contributed by atoms with Crippen LogP contribution < -0.4 is 5.32 Å². The molecule has 5 rings (SSSR count). The van der Waals surface area contributed by atoms with E-state index < -0.39 is 5.79 Å². The van der Waals surface area contributed by atoms with Gasteiger partial charge in [-0.1, -0.05) is 69.3 Å². The molecule has 1 aliphatic rings. The second kappa shape index (κ2) is 12.8. The van der Waals surface area contributed by atoms with Gasteiger partial charge in [0.25, 0.3) is 5.91 Å². The third-order valence-corrected chi connectivity index (χ3v) is 7.86. The number of ether oxygens (including phenoxy) is 2. The second-order valence-electron chi connectivity index (χ2n) is 12.8. The van der Waals surface area contributed by atoms with Crippen molar-refractivity contribution >= 4 is 17.4 Å². The number of carbonyl (C=O) groups is 2. The van der Waals surface area contributed by atoms with Gasteiger partial charge < -0.3 is 14.8 Å². The van der Waals surface area contributed by atoms with Crippen LogP contribution in [-0.2, 0) is 21.3 Å².